The number of benzene rings is 3. The summed E-state index contributed by atoms with van der Waals surface area (Å²) in [5.41, 5.74) is -1.24. The summed E-state index contributed by atoms with van der Waals surface area (Å²) in [4.78, 5) is 0. The molecule has 32 heavy (non-hydrogen) atoms. The summed E-state index contributed by atoms with van der Waals surface area (Å²) in [7, 11) is 0. The monoisotopic (exact) mass is 450 g/mol. The van der Waals surface area contributed by atoms with Crippen LogP contribution in [0.15, 0.2) is 42.5 Å². The van der Waals surface area contributed by atoms with E-state index in [1.807, 2.05) is 12.1 Å². The highest BCUT2D eigenvalue weighted by molar-refractivity contribution is 5.89. The average molecular weight is 450 g/mol. The lowest BCUT2D eigenvalue weighted by Gasteiger charge is -2.28. The average Bonchev–Trinajstić information content (AvgIpc) is 2.73. The van der Waals surface area contributed by atoms with Crippen LogP contribution in [0.3, 0.4) is 0 Å². The zero-order chi connectivity index (χ0) is 23.0. The molecule has 0 aliphatic heterocycles. The number of alkyl halides is 3. The smallest absolute Gasteiger partial charge is 0.206 e. The molecular formula is C26H24F6. The normalized spacial score (nSPS) is 19.5. The second kappa shape index (κ2) is 8.80. The largest absolute Gasteiger partial charge is 0.422 e. The lowest BCUT2D eigenvalue weighted by Crippen LogP contribution is -2.13. The Morgan fingerprint density at radius 3 is 2.09 bits per heavy atom. The first-order valence-electron chi connectivity index (χ1n) is 11.0. The van der Waals surface area contributed by atoms with Crippen LogP contribution in [0.4, 0.5) is 26.3 Å². The van der Waals surface area contributed by atoms with Crippen molar-refractivity contribution in [2.45, 2.75) is 57.5 Å². The van der Waals surface area contributed by atoms with Crippen molar-refractivity contribution in [1.29, 1.82) is 0 Å². The molecule has 0 spiro atoms. The Balaban J connectivity index is 1.65. The zero-order valence-electron chi connectivity index (χ0n) is 17.7. The van der Waals surface area contributed by atoms with Crippen molar-refractivity contribution >= 4 is 10.8 Å². The fraction of sp³-hybridized carbons (Fsp3) is 0.385. The molecule has 1 fully saturated rings. The Kier molecular flexibility index (Phi) is 6.24. The Labute approximate surface area is 183 Å². The Bertz CT molecular complexity index is 1100. The minimum Gasteiger partial charge on any atom is -0.206 e. The van der Waals surface area contributed by atoms with Crippen LogP contribution in [0.2, 0.25) is 0 Å². The van der Waals surface area contributed by atoms with Gasteiger partial charge >= 0.3 is 6.18 Å². The molecule has 0 N–H and O–H groups in total. The molecule has 1 aliphatic rings. The van der Waals surface area contributed by atoms with Gasteiger partial charge in [0.1, 0.15) is 23.0 Å². The molecule has 0 aromatic heterocycles. The molecule has 0 atom stereocenters. The topological polar surface area (TPSA) is 0 Å². The molecule has 0 nitrogen and oxygen atoms in total. The number of rotatable bonds is 4. The van der Waals surface area contributed by atoms with Gasteiger partial charge in [0.25, 0.3) is 0 Å². The molecular weight excluding hydrogens is 426 g/mol. The van der Waals surface area contributed by atoms with Gasteiger partial charge in [-0.3, -0.25) is 0 Å². The summed E-state index contributed by atoms with van der Waals surface area (Å²) in [6, 6.07) is 9.54. The molecule has 170 valence electrons. The molecule has 0 amide bonds. The first-order chi connectivity index (χ1) is 15.2. The summed E-state index contributed by atoms with van der Waals surface area (Å²) in [5, 5.41) is 0.930. The molecule has 1 aliphatic carbocycles. The predicted octanol–water partition coefficient (Wildman–Crippen LogP) is 9.02. The highest BCUT2D eigenvalue weighted by atomic mass is 19.4. The van der Waals surface area contributed by atoms with E-state index in [9.17, 15) is 22.0 Å². The van der Waals surface area contributed by atoms with E-state index in [4.69, 9.17) is 0 Å². The van der Waals surface area contributed by atoms with E-state index >= 15 is 4.39 Å². The number of halogens is 6. The Hall–Kier alpha value is -2.50. The van der Waals surface area contributed by atoms with Crippen LogP contribution in [-0.4, -0.2) is 0 Å². The Morgan fingerprint density at radius 1 is 0.844 bits per heavy atom. The number of fused-ring (bicyclic) bond motifs is 1. The summed E-state index contributed by atoms with van der Waals surface area (Å²) in [6.07, 6.45) is 1.86. The van der Waals surface area contributed by atoms with E-state index in [0.717, 1.165) is 24.3 Å². The molecule has 4 rings (SSSR count). The van der Waals surface area contributed by atoms with Gasteiger partial charge in [0, 0.05) is 10.9 Å². The van der Waals surface area contributed by atoms with Crippen LogP contribution in [0.5, 0.6) is 0 Å². The van der Waals surface area contributed by atoms with Gasteiger partial charge in [-0.15, -0.1) is 0 Å². The van der Waals surface area contributed by atoms with E-state index < -0.39 is 29.2 Å². The van der Waals surface area contributed by atoms with Crippen molar-refractivity contribution < 1.29 is 26.3 Å². The van der Waals surface area contributed by atoms with Crippen LogP contribution in [0.25, 0.3) is 21.9 Å². The molecule has 1 saturated carbocycles. The van der Waals surface area contributed by atoms with Crippen LogP contribution in [0.1, 0.15) is 62.5 Å². The SMILES string of the molecule is CCC[C@H]1CC[C@H](c2ccc3c(F)c(-c4cc(F)c(C(F)(F)F)c(F)c4)ccc3c2)CC1. The first kappa shape index (κ1) is 22.7. The molecule has 0 bridgehead atoms. The van der Waals surface area contributed by atoms with E-state index in [2.05, 4.69) is 6.92 Å². The zero-order valence-corrected chi connectivity index (χ0v) is 17.7. The van der Waals surface area contributed by atoms with E-state index in [1.54, 1.807) is 12.1 Å². The molecule has 3 aromatic carbocycles. The van der Waals surface area contributed by atoms with Crippen molar-refractivity contribution in [3.8, 4) is 11.1 Å². The second-order valence-corrected chi connectivity index (χ2v) is 8.73. The fourth-order valence-corrected chi connectivity index (χ4v) is 4.98. The predicted molar refractivity (Wildman–Crippen MR) is 114 cm³/mol. The first-order valence-corrected chi connectivity index (χ1v) is 11.0. The van der Waals surface area contributed by atoms with Crippen molar-refractivity contribution in [3.05, 3.63) is 71.0 Å². The Morgan fingerprint density at radius 2 is 1.50 bits per heavy atom. The van der Waals surface area contributed by atoms with Gasteiger partial charge in [-0.2, -0.15) is 13.2 Å². The molecule has 0 unspecified atom stereocenters. The molecule has 6 heteroatoms. The highest BCUT2D eigenvalue weighted by Gasteiger charge is 2.38. The van der Waals surface area contributed by atoms with Crippen LogP contribution < -0.4 is 0 Å². The minimum absolute atomic E-state index is 0.142. The lowest BCUT2D eigenvalue weighted by molar-refractivity contribution is -0.142. The van der Waals surface area contributed by atoms with Crippen molar-refractivity contribution in [2.24, 2.45) is 5.92 Å². The standard InChI is InChI=1S/C26H24F6/c1-2-3-15-4-6-16(7-5-15)17-8-10-20-18(12-17)9-11-21(25(20)29)19-13-22(27)24(23(28)14-19)26(30,31)32/h8-16H,2-7H2,1H3/t15-,16-. The maximum atomic E-state index is 15.2. The summed E-state index contributed by atoms with van der Waals surface area (Å²) in [5.74, 6) is -3.03. The maximum absolute atomic E-state index is 15.2. The third-order valence-electron chi connectivity index (χ3n) is 6.63. The van der Waals surface area contributed by atoms with Gasteiger partial charge in [-0.05, 0) is 66.2 Å². The minimum atomic E-state index is -5.17. The van der Waals surface area contributed by atoms with E-state index in [0.29, 0.717) is 23.4 Å². The lowest BCUT2D eigenvalue weighted by atomic mass is 9.77. The molecule has 0 radical (unpaired) electrons. The third-order valence-corrected chi connectivity index (χ3v) is 6.63. The van der Waals surface area contributed by atoms with Gasteiger partial charge in [0.05, 0.1) is 0 Å². The number of hydrogen-bond acceptors (Lipinski definition) is 0. The molecule has 0 heterocycles. The van der Waals surface area contributed by atoms with E-state index in [-0.39, 0.29) is 16.5 Å². The summed E-state index contributed by atoms with van der Waals surface area (Å²) >= 11 is 0. The quantitative estimate of drug-likeness (QED) is 0.348. The van der Waals surface area contributed by atoms with Crippen molar-refractivity contribution in [1.82, 2.24) is 0 Å². The van der Waals surface area contributed by atoms with Gasteiger partial charge in [-0.1, -0.05) is 50.1 Å². The molecule has 3 aromatic rings. The van der Waals surface area contributed by atoms with Crippen LogP contribution >= 0.6 is 0 Å². The van der Waals surface area contributed by atoms with Crippen molar-refractivity contribution in [2.75, 3.05) is 0 Å². The second-order valence-electron chi connectivity index (χ2n) is 8.73. The number of hydrogen-bond donors (Lipinski definition) is 0. The van der Waals surface area contributed by atoms with Gasteiger partial charge in [0.15, 0.2) is 0 Å². The third kappa shape index (κ3) is 4.37. The van der Waals surface area contributed by atoms with Crippen LogP contribution in [0, 0.1) is 23.4 Å². The highest BCUT2D eigenvalue weighted by Crippen LogP contribution is 2.40. The van der Waals surface area contributed by atoms with Crippen LogP contribution in [-0.2, 0) is 6.18 Å². The van der Waals surface area contributed by atoms with Crippen molar-refractivity contribution in [3.63, 3.8) is 0 Å². The summed E-state index contributed by atoms with van der Waals surface area (Å²) in [6.45, 7) is 2.20. The summed E-state index contributed by atoms with van der Waals surface area (Å²) < 4.78 is 81.7. The van der Waals surface area contributed by atoms with Gasteiger partial charge in [-0.25, -0.2) is 13.2 Å². The molecule has 0 saturated heterocycles. The fourth-order valence-electron chi connectivity index (χ4n) is 4.98. The van der Waals surface area contributed by atoms with Gasteiger partial charge < -0.3 is 0 Å². The van der Waals surface area contributed by atoms with E-state index in [1.165, 1.54) is 31.7 Å². The maximum Gasteiger partial charge on any atom is 0.422 e. The van der Waals surface area contributed by atoms with Gasteiger partial charge in [0.2, 0.25) is 0 Å².